The van der Waals surface area contributed by atoms with Crippen LogP contribution in [0.3, 0.4) is 0 Å². The molecular formula is C20H25N3O. The minimum absolute atomic E-state index is 0.428. The van der Waals surface area contributed by atoms with Crippen molar-refractivity contribution in [3.63, 3.8) is 0 Å². The summed E-state index contributed by atoms with van der Waals surface area (Å²) >= 11 is 0. The average molecular weight is 323 g/mol. The molecule has 1 aliphatic heterocycles. The van der Waals surface area contributed by atoms with E-state index in [4.69, 9.17) is 0 Å². The quantitative estimate of drug-likeness (QED) is 0.789. The van der Waals surface area contributed by atoms with Gasteiger partial charge in [0.05, 0.1) is 0 Å². The lowest BCUT2D eigenvalue weighted by molar-refractivity contribution is 0.148. The van der Waals surface area contributed by atoms with Gasteiger partial charge in [0.1, 0.15) is 6.04 Å². The second-order valence-corrected chi connectivity index (χ2v) is 6.74. The first kappa shape index (κ1) is 16.8. The predicted octanol–water partition coefficient (Wildman–Crippen LogP) is 3.60. The highest BCUT2D eigenvalue weighted by atomic mass is 16.3. The van der Waals surface area contributed by atoms with Gasteiger partial charge in [-0.05, 0) is 30.7 Å². The summed E-state index contributed by atoms with van der Waals surface area (Å²) in [5.74, 6) is 0. The van der Waals surface area contributed by atoms with Crippen LogP contribution < -0.4 is 0 Å². The van der Waals surface area contributed by atoms with Gasteiger partial charge in [0.25, 0.3) is 0 Å². The van der Waals surface area contributed by atoms with E-state index in [1.807, 2.05) is 43.3 Å². The van der Waals surface area contributed by atoms with Gasteiger partial charge in [0, 0.05) is 32.7 Å². The molecule has 0 bridgehead atoms. The van der Waals surface area contributed by atoms with Crippen molar-refractivity contribution in [2.45, 2.75) is 19.5 Å². The zero-order chi connectivity index (χ0) is 16.9. The van der Waals surface area contributed by atoms with Gasteiger partial charge in [-0.1, -0.05) is 59.3 Å². The van der Waals surface area contributed by atoms with Crippen molar-refractivity contribution in [1.82, 2.24) is 9.80 Å². The molecule has 2 aromatic rings. The Morgan fingerprint density at radius 2 is 1.71 bits per heavy atom. The number of likely N-dealkylation sites (N-methyl/N-ethyl adjacent to an activating group) is 1. The van der Waals surface area contributed by atoms with Crippen LogP contribution in [0, 0.1) is 11.8 Å². The third-order valence-electron chi connectivity index (χ3n) is 4.76. The maximum Gasteiger partial charge on any atom is 0.142 e. The average Bonchev–Trinajstić information content (AvgIpc) is 2.59. The standard InChI is InChI=1S/C20H25N3O/c1-16-4-3-5-19(14-16)20(21-24)18-8-6-17(7-9-18)15-23-12-10-22(2)11-13-23/h3-9,14,20H,10-13,15H2,1-2H3. The third-order valence-corrected chi connectivity index (χ3v) is 4.76. The van der Waals surface area contributed by atoms with E-state index in [0.717, 1.165) is 49.4 Å². The largest absolute Gasteiger partial charge is 0.304 e. The molecule has 0 aromatic heterocycles. The first-order chi connectivity index (χ1) is 11.7. The smallest absolute Gasteiger partial charge is 0.142 e. The fourth-order valence-corrected chi connectivity index (χ4v) is 3.22. The first-order valence-corrected chi connectivity index (χ1v) is 8.54. The summed E-state index contributed by atoms with van der Waals surface area (Å²) in [4.78, 5) is 16.2. The summed E-state index contributed by atoms with van der Waals surface area (Å²) in [6.07, 6.45) is 0. The molecule has 0 amide bonds. The van der Waals surface area contributed by atoms with Crippen LogP contribution in [0.25, 0.3) is 0 Å². The van der Waals surface area contributed by atoms with Gasteiger partial charge in [-0.15, -0.1) is 4.91 Å². The number of piperazine rings is 1. The summed E-state index contributed by atoms with van der Waals surface area (Å²) in [6.45, 7) is 7.48. The second kappa shape index (κ2) is 7.69. The molecule has 1 unspecified atom stereocenters. The van der Waals surface area contributed by atoms with Crippen molar-refractivity contribution in [1.29, 1.82) is 0 Å². The minimum atomic E-state index is -0.428. The van der Waals surface area contributed by atoms with Crippen LogP contribution in [0.1, 0.15) is 28.3 Å². The third kappa shape index (κ3) is 4.08. The Labute approximate surface area is 144 Å². The normalized spacial score (nSPS) is 17.6. The molecule has 1 atom stereocenters. The summed E-state index contributed by atoms with van der Waals surface area (Å²) in [7, 11) is 2.17. The van der Waals surface area contributed by atoms with E-state index in [-0.39, 0.29) is 0 Å². The number of benzene rings is 2. The molecule has 1 fully saturated rings. The molecule has 126 valence electrons. The fraction of sp³-hybridized carbons (Fsp3) is 0.400. The zero-order valence-corrected chi connectivity index (χ0v) is 14.5. The maximum atomic E-state index is 11.4. The lowest BCUT2D eigenvalue weighted by atomic mass is 9.97. The van der Waals surface area contributed by atoms with Crippen LogP contribution in [0.15, 0.2) is 53.7 Å². The van der Waals surface area contributed by atoms with Gasteiger partial charge in [-0.2, -0.15) is 0 Å². The van der Waals surface area contributed by atoms with E-state index in [9.17, 15) is 4.91 Å². The molecule has 2 aromatic carbocycles. The monoisotopic (exact) mass is 323 g/mol. The summed E-state index contributed by atoms with van der Waals surface area (Å²) < 4.78 is 0. The van der Waals surface area contributed by atoms with Crippen LogP contribution >= 0.6 is 0 Å². The molecule has 0 saturated carbocycles. The predicted molar refractivity (Wildman–Crippen MR) is 98.0 cm³/mol. The van der Waals surface area contributed by atoms with Gasteiger partial charge >= 0.3 is 0 Å². The zero-order valence-electron chi connectivity index (χ0n) is 14.5. The summed E-state index contributed by atoms with van der Waals surface area (Å²) in [6, 6.07) is 15.9. The highest BCUT2D eigenvalue weighted by Crippen LogP contribution is 2.27. The number of nitroso groups, excluding NO2 is 1. The van der Waals surface area contributed by atoms with E-state index in [1.54, 1.807) is 0 Å². The van der Waals surface area contributed by atoms with Crippen molar-refractivity contribution in [2.24, 2.45) is 5.18 Å². The van der Waals surface area contributed by atoms with Crippen molar-refractivity contribution in [3.05, 3.63) is 75.7 Å². The molecule has 0 spiro atoms. The van der Waals surface area contributed by atoms with E-state index >= 15 is 0 Å². The molecule has 3 rings (SSSR count). The van der Waals surface area contributed by atoms with E-state index in [1.165, 1.54) is 5.56 Å². The first-order valence-electron chi connectivity index (χ1n) is 8.54. The maximum absolute atomic E-state index is 11.4. The van der Waals surface area contributed by atoms with Crippen LogP contribution in [0.4, 0.5) is 0 Å². The van der Waals surface area contributed by atoms with Crippen molar-refractivity contribution in [2.75, 3.05) is 33.2 Å². The molecule has 0 aliphatic carbocycles. The van der Waals surface area contributed by atoms with Crippen molar-refractivity contribution in [3.8, 4) is 0 Å². The molecule has 1 heterocycles. The molecule has 0 N–H and O–H groups in total. The number of rotatable bonds is 5. The fourth-order valence-electron chi connectivity index (χ4n) is 3.22. The molecular weight excluding hydrogens is 298 g/mol. The lowest BCUT2D eigenvalue weighted by Gasteiger charge is -2.32. The van der Waals surface area contributed by atoms with E-state index in [2.05, 4.69) is 34.2 Å². The Morgan fingerprint density at radius 3 is 2.33 bits per heavy atom. The van der Waals surface area contributed by atoms with E-state index in [0.29, 0.717) is 0 Å². The highest BCUT2D eigenvalue weighted by molar-refractivity contribution is 5.35. The van der Waals surface area contributed by atoms with Crippen LogP contribution in [-0.2, 0) is 6.54 Å². The van der Waals surface area contributed by atoms with Gasteiger partial charge in [0.15, 0.2) is 0 Å². The minimum Gasteiger partial charge on any atom is -0.304 e. The number of aryl methyl sites for hydroxylation is 1. The van der Waals surface area contributed by atoms with Crippen molar-refractivity contribution < 1.29 is 0 Å². The Kier molecular flexibility index (Phi) is 5.38. The van der Waals surface area contributed by atoms with E-state index < -0.39 is 6.04 Å². The molecule has 1 saturated heterocycles. The Bertz CT molecular complexity index is 676. The van der Waals surface area contributed by atoms with Gasteiger partial charge in [-0.25, -0.2) is 0 Å². The number of nitrogens with zero attached hydrogens (tertiary/aromatic N) is 3. The Morgan fingerprint density at radius 1 is 1.00 bits per heavy atom. The van der Waals surface area contributed by atoms with Crippen LogP contribution in [0.2, 0.25) is 0 Å². The molecule has 24 heavy (non-hydrogen) atoms. The summed E-state index contributed by atoms with van der Waals surface area (Å²) in [5, 5.41) is 3.36. The van der Waals surface area contributed by atoms with Gasteiger partial charge in [0.2, 0.25) is 0 Å². The lowest BCUT2D eigenvalue weighted by Crippen LogP contribution is -2.43. The summed E-state index contributed by atoms with van der Waals surface area (Å²) in [5.41, 5.74) is 4.35. The number of hydrogen-bond acceptors (Lipinski definition) is 4. The van der Waals surface area contributed by atoms with Crippen LogP contribution in [0.5, 0.6) is 0 Å². The second-order valence-electron chi connectivity index (χ2n) is 6.74. The SMILES string of the molecule is Cc1cccc(C(N=O)c2ccc(CN3CCN(C)CC3)cc2)c1. The molecule has 0 radical (unpaired) electrons. The molecule has 4 nitrogen and oxygen atoms in total. The molecule has 1 aliphatic rings. The highest BCUT2D eigenvalue weighted by Gasteiger charge is 2.16. The topological polar surface area (TPSA) is 35.9 Å². The Hall–Kier alpha value is -2.04. The van der Waals surface area contributed by atoms with Crippen molar-refractivity contribution >= 4 is 0 Å². The van der Waals surface area contributed by atoms with Gasteiger partial charge in [-0.3, -0.25) is 4.90 Å². The van der Waals surface area contributed by atoms with Crippen LogP contribution in [-0.4, -0.2) is 43.0 Å². The molecule has 4 heteroatoms. The number of hydrogen-bond donors (Lipinski definition) is 0. The van der Waals surface area contributed by atoms with Gasteiger partial charge < -0.3 is 4.90 Å². The Balaban J connectivity index is 1.70.